The third kappa shape index (κ3) is 6.10. The number of ether oxygens (including phenoxy) is 2. The fourth-order valence-corrected chi connectivity index (χ4v) is 2.58. The Kier molecular flexibility index (Phi) is 6.47. The number of aryl methyl sites for hydroxylation is 1. The van der Waals surface area contributed by atoms with E-state index in [0.717, 1.165) is 11.3 Å². The monoisotopic (exact) mass is 390 g/mol. The summed E-state index contributed by atoms with van der Waals surface area (Å²) < 4.78 is 11.3. The topological polar surface area (TPSA) is 90.7 Å². The fraction of sp³-hybridized carbons (Fsp3) is 0.130. The molecular formula is C23H22N2O4. The molecule has 0 aliphatic rings. The summed E-state index contributed by atoms with van der Waals surface area (Å²) in [6, 6.07) is 21.6. The van der Waals surface area contributed by atoms with Crippen molar-refractivity contribution in [2.24, 2.45) is 5.73 Å². The van der Waals surface area contributed by atoms with Gasteiger partial charge in [-0.15, -0.1) is 0 Å². The Morgan fingerprint density at radius 3 is 2.17 bits per heavy atom. The Bertz CT molecular complexity index is 983. The molecule has 3 N–H and O–H groups in total. The maximum absolute atomic E-state index is 12.0. The van der Waals surface area contributed by atoms with Crippen LogP contribution in [0.2, 0.25) is 0 Å². The number of nitrogens with two attached hydrogens (primary N) is 1. The summed E-state index contributed by atoms with van der Waals surface area (Å²) in [6.45, 7) is 2.19. The zero-order chi connectivity index (χ0) is 20.6. The van der Waals surface area contributed by atoms with Gasteiger partial charge in [-0.3, -0.25) is 9.59 Å². The number of primary amides is 1. The molecule has 0 aliphatic heterocycles. The van der Waals surface area contributed by atoms with E-state index in [1.807, 2.05) is 31.2 Å². The number of amides is 2. The lowest BCUT2D eigenvalue weighted by Gasteiger charge is -2.09. The lowest BCUT2D eigenvalue weighted by molar-refractivity contribution is -0.123. The van der Waals surface area contributed by atoms with Crippen LogP contribution >= 0.6 is 0 Å². The molecule has 0 bridgehead atoms. The highest BCUT2D eigenvalue weighted by Gasteiger charge is 2.06. The van der Waals surface area contributed by atoms with Gasteiger partial charge in [0.1, 0.15) is 17.2 Å². The summed E-state index contributed by atoms with van der Waals surface area (Å²) in [5.41, 5.74) is 7.61. The number of rotatable bonds is 8. The molecule has 0 saturated carbocycles. The van der Waals surface area contributed by atoms with Gasteiger partial charge in [-0.05, 0) is 61.0 Å². The number of benzene rings is 3. The molecule has 0 heterocycles. The van der Waals surface area contributed by atoms with Crippen molar-refractivity contribution < 1.29 is 19.1 Å². The average Bonchev–Trinajstić information content (AvgIpc) is 2.73. The Morgan fingerprint density at radius 1 is 0.897 bits per heavy atom. The van der Waals surface area contributed by atoms with Crippen LogP contribution in [0, 0.1) is 6.92 Å². The lowest BCUT2D eigenvalue weighted by Crippen LogP contribution is -2.28. The number of hydrogen-bond acceptors (Lipinski definition) is 4. The lowest BCUT2D eigenvalue weighted by atomic mass is 10.1. The maximum atomic E-state index is 12.0. The van der Waals surface area contributed by atoms with Crippen LogP contribution < -0.4 is 20.5 Å². The van der Waals surface area contributed by atoms with E-state index in [1.54, 1.807) is 48.5 Å². The second-order valence-electron chi connectivity index (χ2n) is 6.52. The molecule has 0 aliphatic carbocycles. The number of hydrogen-bond donors (Lipinski definition) is 2. The van der Waals surface area contributed by atoms with Crippen molar-refractivity contribution in [2.75, 3.05) is 6.61 Å². The normalized spacial score (nSPS) is 10.2. The van der Waals surface area contributed by atoms with Gasteiger partial charge in [0.2, 0.25) is 5.91 Å². The molecule has 148 valence electrons. The van der Waals surface area contributed by atoms with Gasteiger partial charge < -0.3 is 20.5 Å². The van der Waals surface area contributed by atoms with E-state index >= 15 is 0 Å². The molecule has 0 atom stereocenters. The van der Waals surface area contributed by atoms with Crippen molar-refractivity contribution >= 4 is 11.8 Å². The largest absolute Gasteiger partial charge is 0.484 e. The highest BCUT2D eigenvalue weighted by Crippen LogP contribution is 2.24. The minimum Gasteiger partial charge on any atom is -0.484 e. The molecule has 0 spiro atoms. The quantitative estimate of drug-likeness (QED) is 0.615. The van der Waals surface area contributed by atoms with Gasteiger partial charge in [0.15, 0.2) is 6.61 Å². The molecular weight excluding hydrogens is 368 g/mol. The summed E-state index contributed by atoms with van der Waals surface area (Å²) in [5.74, 6) is 1.22. The smallest absolute Gasteiger partial charge is 0.258 e. The van der Waals surface area contributed by atoms with E-state index in [0.29, 0.717) is 17.1 Å². The van der Waals surface area contributed by atoms with E-state index < -0.39 is 5.91 Å². The first kappa shape index (κ1) is 19.9. The molecule has 0 aromatic heterocycles. The average molecular weight is 390 g/mol. The summed E-state index contributed by atoms with van der Waals surface area (Å²) >= 11 is 0. The van der Waals surface area contributed by atoms with Crippen LogP contribution in [0.25, 0.3) is 0 Å². The van der Waals surface area contributed by atoms with Crippen LogP contribution in [-0.2, 0) is 11.3 Å². The van der Waals surface area contributed by atoms with Gasteiger partial charge in [-0.25, -0.2) is 0 Å². The van der Waals surface area contributed by atoms with Gasteiger partial charge in [0.05, 0.1) is 0 Å². The summed E-state index contributed by atoms with van der Waals surface area (Å²) in [5, 5.41) is 2.74. The predicted molar refractivity (Wildman–Crippen MR) is 110 cm³/mol. The van der Waals surface area contributed by atoms with Gasteiger partial charge in [-0.2, -0.15) is 0 Å². The van der Waals surface area contributed by atoms with Crippen molar-refractivity contribution in [1.29, 1.82) is 0 Å². The molecule has 6 nitrogen and oxygen atoms in total. The van der Waals surface area contributed by atoms with Crippen LogP contribution in [0.5, 0.6) is 17.2 Å². The van der Waals surface area contributed by atoms with E-state index in [4.69, 9.17) is 15.2 Å². The van der Waals surface area contributed by atoms with Crippen molar-refractivity contribution in [3.05, 3.63) is 89.5 Å². The Balaban J connectivity index is 1.45. The van der Waals surface area contributed by atoms with E-state index in [9.17, 15) is 9.59 Å². The standard InChI is InChI=1S/C23H22N2O4/c1-16-5-7-20(8-6-16)29-21-11-9-19(10-12-21)28-15-22(26)25-14-17-3-2-4-18(13-17)23(24)27/h2-13H,14-15H2,1H3,(H2,24,27)(H,25,26). The maximum Gasteiger partial charge on any atom is 0.258 e. The van der Waals surface area contributed by atoms with Crippen molar-refractivity contribution in [1.82, 2.24) is 5.32 Å². The van der Waals surface area contributed by atoms with Gasteiger partial charge in [-0.1, -0.05) is 29.8 Å². The first-order valence-corrected chi connectivity index (χ1v) is 9.12. The Morgan fingerprint density at radius 2 is 1.52 bits per heavy atom. The first-order chi connectivity index (χ1) is 14.0. The zero-order valence-electron chi connectivity index (χ0n) is 16.1. The van der Waals surface area contributed by atoms with Crippen molar-refractivity contribution in [3.63, 3.8) is 0 Å². The second kappa shape index (κ2) is 9.41. The van der Waals surface area contributed by atoms with Crippen molar-refractivity contribution in [2.45, 2.75) is 13.5 Å². The summed E-state index contributed by atoms with van der Waals surface area (Å²) in [6.07, 6.45) is 0. The van der Waals surface area contributed by atoms with Crippen LogP contribution in [-0.4, -0.2) is 18.4 Å². The third-order valence-electron chi connectivity index (χ3n) is 4.15. The van der Waals surface area contributed by atoms with Crippen LogP contribution in [0.1, 0.15) is 21.5 Å². The molecule has 0 radical (unpaired) electrons. The highest BCUT2D eigenvalue weighted by atomic mass is 16.5. The van der Waals surface area contributed by atoms with E-state index in [1.165, 1.54) is 5.56 Å². The zero-order valence-corrected chi connectivity index (χ0v) is 16.1. The summed E-state index contributed by atoms with van der Waals surface area (Å²) in [4.78, 5) is 23.2. The van der Waals surface area contributed by atoms with Crippen molar-refractivity contribution in [3.8, 4) is 17.2 Å². The molecule has 0 saturated heterocycles. The molecule has 6 heteroatoms. The minimum atomic E-state index is -0.503. The number of carbonyl (C=O) groups excluding carboxylic acids is 2. The predicted octanol–water partition coefficient (Wildman–Crippen LogP) is 3.58. The molecule has 29 heavy (non-hydrogen) atoms. The molecule has 3 rings (SSSR count). The first-order valence-electron chi connectivity index (χ1n) is 9.12. The summed E-state index contributed by atoms with van der Waals surface area (Å²) in [7, 11) is 0. The van der Waals surface area contributed by atoms with Gasteiger partial charge >= 0.3 is 0 Å². The molecule has 0 unspecified atom stereocenters. The van der Waals surface area contributed by atoms with Gasteiger partial charge in [0, 0.05) is 12.1 Å². The molecule has 0 fully saturated rings. The molecule has 3 aromatic carbocycles. The van der Waals surface area contributed by atoms with Crippen LogP contribution in [0.4, 0.5) is 0 Å². The SMILES string of the molecule is Cc1ccc(Oc2ccc(OCC(=O)NCc3cccc(C(N)=O)c3)cc2)cc1. The number of nitrogens with one attached hydrogen (secondary N) is 1. The third-order valence-corrected chi connectivity index (χ3v) is 4.15. The Labute approximate surface area is 169 Å². The molecule has 3 aromatic rings. The van der Waals surface area contributed by atoms with Gasteiger partial charge in [0.25, 0.3) is 5.91 Å². The van der Waals surface area contributed by atoms with Crippen LogP contribution in [0.15, 0.2) is 72.8 Å². The second-order valence-corrected chi connectivity index (χ2v) is 6.52. The highest BCUT2D eigenvalue weighted by molar-refractivity contribution is 5.92. The molecule has 2 amide bonds. The van der Waals surface area contributed by atoms with Crippen LogP contribution in [0.3, 0.4) is 0 Å². The number of carbonyl (C=O) groups is 2. The fourth-order valence-electron chi connectivity index (χ4n) is 2.58. The minimum absolute atomic E-state index is 0.117. The van der Waals surface area contributed by atoms with E-state index in [2.05, 4.69) is 5.32 Å². The Hall–Kier alpha value is -3.80. The van der Waals surface area contributed by atoms with E-state index in [-0.39, 0.29) is 19.1 Å².